The average molecular weight is 438 g/mol. The third kappa shape index (κ3) is 7.93. The Balaban J connectivity index is 2.84. The second-order valence-electron chi connectivity index (χ2n) is 6.74. The van der Waals surface area contributed by atoms with Crippen LogP contribution in [0.4, 0.5) is 0 Å². The summed E-state index contributed by atoms with van der Waals surface area (Å²) in [4.78, 5) is 38.3. The molecule has 0 bridgehead atoms. The number of hydrogen-bond acceptors (Lipinski definition) is 8. The van der Waals surface area contributed by atoms with Crippen molar-refractivity contribution in [2.24, 2.45) is 5.73 Å². The Kier molecular flexibility index (Phi) is 10.5. The predicted octanol–water partition coefficient (Wildman–Crippen LogP) is -2.88. The van der Waals surface area contributed by atoms with E-state index in [1.165, 1.54) is 0 Å². The Hall–Kier alpha value is -3.08. The minimum atomic E-state index is -2.21. The molecular weight excluding hydrogens is 412 g/mol. The molecule has 0 saturated carbocycles. The summed E-state index contributed by atoms with van der Waals surface area (Å²) in [6.07, 6.45) is -6.84. The quantitative estimate of drug-likeness (QED) is 0.158. The minimum absolute atomic E-state index is 0.349. The van der Waals surface area contributed by atoms with Crippen molar-refractivity contribution in [2.45, 2.75) is 42.9 Å². The van der Waals surface area contributed by atoms with Crippen molar-refractivity contribution in [3.8, 4) is 0 Å². The molecule has 0 aliphatic heterocycles. The van der Waals surface area contributed by atoms with Crippen molar-refractivity contribution in [1.29, 1.82) is 0 Å². The van der Waals surface area contributed by atoms with Gasteiger partial charge in [0.05, 0.1) is 25.1 Å². The van der Waals surface area contributed by atoms with Gasteiger partial charge in [0.1, 0.15) is 12.2 Å². The third-order valence-electron chi connectivity index (χ3n) is 4.40. The lowest BCUT2D eigenvalue weighted by molar-refractivity contribution is -0.144. The second-order valence-corrected chi connectivity index (χ2v) is 6.74. The number of nitrogens with two attached hydrogens (primary N) is 1. The number of aliphatic hydroxyl groups excluding tert-OH is 4. The van der Waals surface area contributed by atoms with E-state index in [4.69, 9.17) is 17.4 Å². The summed E-state index contributed by atoms with van der Waals surface area (Å²) in [7, 11) is 0. The van der Waals surface area contributed by atoms with E-state index in [0.29, 0.717) is 5.56 Å². The van der Waals surface area contributed by atoms with Gasteiger partial charge in [0, 0.05) is 0 Å². The maximum atomic E-state index is 12.4. The molecule has 170 valence electrons. The van der Waals surface area contributed by atoms with Gasteiger partial charge in [-0.2, -0.15) is 0 Å². The minimum Gasteiger partial charge on any atom is -0.481 e. The molecule has 0 fully saturated rings. The molecule has 0 heterocycles. The Labute approximate surface area is 178 Å². The van der Waals surface area contributed by atoms with Crippen LogP contribution in [0.25, 0.3) is 4.85 Å². The number of amides is 2. The molecule has 31 heavy (non-hydrogen) atoms. The highest BCUT2D eigenvalue weighted by atomic mass is 16.4. The fraction of sp³-hybridized carbons (Fsp3) is 0.474. The van der Waals surface area contributed by atoms with E-state index >= 15 is 0 Å². The van der Waals surface area contributed by atoms with Crippen LogP contribution >= 0.6 is 0 Å². The molecule has 9 N–H and O–H groups in total. The van der Waals surface area contributed by atoms with E-state index in [0.717, 1.165) is 0 Å². The number of rotatable bonds is 12. The zero-order valence-electron chi connectivity index (χ0n) is 16.5. The molecular formula is C19H26N4O8. The van der Waals surface area contributed by atoms with Crippen LogP contribution in [0.15, 0.2) is 30.3 Å². The molecule has 0 aliphatic rings. The summed E-state index contributed by atoms with van der Waals surface area (Å²) >= 11 is 0. The summed E-state index contributed by atoms with van der Waals surface area (Å²) in [5, 5.41) is 53.4. The predicted molar refractivity (Wildman–Crippen MR) is 106 cm³/mol. The van der Waals surface area contributed by atoms with Gasteiger partial charge in [0.25, 0.3) is 5.91 Å². The van der Waals surface area contributed by atoms with Gasteiger partial charge in [-0.05, 0) is 5.56 Å². The third-order valence-corrected chi connectivity index (χ3v) is 4.40. The first kappa shape index (κ1) is 26.0. The lowest BCUT2D eigenvalue weighted by Gasteiger charge is -2.29. The first-order valence-corrected chi connectivity index (χ1v) is 9.23. The number of hydrogen-bond donors (Lipinski definition) is 8. The summed E-state index contributed by atoms with van der Waals surface area (Å²) in [5.74, 6) is -3.27. The van der Waals surface area contributed by atoms with E-state index in [1.54, 1.807) is 30.3 Å². The highest BCUT2D eigenvalue weighted by molar-refractivity contribution is 5.83. The van der Waals surface area contributed by atoms with Gasteiger partial charge >= 0.3 is 5.97 Å². The standard InChI is InChI=1S/C19H26N4O8/c1-21-8-11(20)18(30)23-13(9-24)15(27)16(28)17(29)19(31)22-12(7-14(25)26)10-5-3-2-4-6-10/h2-6,11-13,15-17,24,27-29H,7-9,20H2,(H,22,31)(H,23,30)(H,25,26). The maximum Gasteiger partial charge on any atom is 0.305 e. The van der Waals surface area contributed by atoms with Crippen LogP contribution in [0, 0.1) is 6.57 Å². The Bertz CT molecular complexity index is 785. The fourth-order valence-electron chi connectivity index (χ4n) is 2.66. The topological polar surface area (TPSA) is 207 Å². The van der Waals surface area contributed by atoms with E-state index in [1.807, 2.05) is 0 Å². The number of aliphatic carboxylic acids is 1. The monoisotopic (exact) mass is 438 g/mol. The number of aliphatic hydroxyl groups is 4. The molecule has 0 aliphatic carbocycles. The number of carboxylic acids is 1. The van der Waals surface area contributed by atoms with Gasteiger partial charge < -0.3 is 46.7 Å². The van der Waals surface area contributed by atoms with Crippen LogP contribution in [-0.4, -0.2) is 86.9 Å². The van der Waals surface area contributed by atoms with Crippen LogP contribution in [0.5, 0.6) is 0 Å². The lowest BCUT2D eigenvalue weighted by Crippen LogP contribution is -2.58. The number of nitrogens with one attached hydrogen (secondary N) is 2. The number of nitrogens with zero attached hydrogens (tertiary/aromatic N) is 1. The van der Waals surface area contributed by atoms with Gasteiger partial charge in [0.2, 0.25) is 12.5 Å². The van der Waals surface area contributed by atoms with Crippen molar-refractivity contribution in [1.82, 2.24) is 10.6 Å². The number of benzene rings is 1. The first-order chi connectivity index (χ1) is 14.6. The Morgan fingerprint density at radius 1 is 1.03 bits per heavy atom. The molecule has 6 unspecified atom stereocenters. The summed E-state index contributed by atoms with van der Waals surface area (Å²) in [6, 6.07) is 4.30. The molecule has 0 saturated heterocycles. The van der Waals surface area contributed by atoms with Crippen LogP contribution < -0.4 is 16.4 Å². The van der Waals surface area contributed by atoms with Gasteiger partial charge in [-0.3, -0.25) is 14.4 Å². The molecule has 12 nitrogen and oxygen atoms in total. The van der Waals surface area contributed by atoms with E-state index in [-0.39, 0.29) is 6.54 Å². The van der Waals surface area contributed by atoms with E-state index < -0.39 is 67.2 Å². The molecule has 0 aromatic heterocycles. The van der Waals surface area contributed by atoms with E-state index in [2.05, 4.69) is 15.5 Å². The smallest absolute Gasteiger partial charge is 0.305 e. The van der Waals surface area contributed by atoms with Crippen LogP contribution in [0.2, 0.25) is 0 Å². The fourth-order valence-corrected chi connectivity index (χ4v) is 2.66. The molecule has 1 aromatic rings. The molecule has 0 spiro atoms. The van der Waals surface area contributed by atoms with Crippen molar-refractivity contribution in [3.63, 3.8) is 0 Å². The SMILES string of the molecule is [C-]#[N+]CC(N)C(=O)NC(CO)C(O)C(O)C(O)C(=O)NC(CC(=O)O)c1ccccc1. The van der Waals surface area contributed by atoms with Gasteiger partial charge in [0.15, 0.2) is 12.1 Å². The highest BCUT2D eigenvalue weighted by Gasteiger charge is 2.37. The van der Waals surface area contributed by atoms with Crippen molar-refractivity contribution in [3.05, 3.63) is 47.3 Å². The summed E-state index contributed by atoms with van der Waals surface area (Å²) in [6.45, 7) is 5.47. The lowest BCUT2D eigenvalue weighted by atomic mass is 9.99. The molecule has 2 amide bonds. The van der Waals surface area contributed by atoms with Crippen molar-refractivity contribution in [2.75, 3.05) is 13.2 Å². The Morgan fingerprint density at radius 3 is 2.16 bits per heavy atom. The van der Waals surface area contributed by atoms with Gasteiger partial charge in [-0.15, -0.1) is 0 Å². The zero-order chi connectivity index (χ0) is 23.6. The second kappa shape index (κ2) is 12.6. The number of carbonyl (C=O) groups excluding carboxylic acids is 2. The van der Waals surface area contributed by atoms with E-state index in [9.17, 15) is 34.8 Å². The molecule has 1 aromatic carbocycles. The van der Waals surface area contributed by atoms with Crippen LogP contribution in [0.3, 0.4) is 0 Å². The normalized spacial score (nSPS) is 16.6. The zero-order valence-corrected chi connectivity index (χ0v) is 16.5. The average Bonchev–Trinajstić information content (AvgIpc) is 2.75. The Morgan fingerprint density at radius 2 is 1.65 bits per heavy atom. The van der Waals surface area contributed by atoms with Crippen molar-refractivity contribution >= 4 is 17.8 Å². The highest BCUT2D eigenvalue weighted by Crippen LogP contribution is 2.17. The van der Waals surface area contributed by atoms with Gasteiger partial charge in [-0.1, -0.05) is 30.3 Å². The van der Waals surface area contributed by atoms with Gasteiger partial charge in [-0.25, -0.2) is 6.57 Å². The number of carbonyl (C=O) groups is 3. The molecule has 1 rings (SSSR count). The molecule has 0 radical (unpaired) electrons. The molecule has 12 heteroatoms. The maximum absolute atomic E-state index is 12.4. The van der Waals surface area contributed by atoms with Crippen LogP contribution in [0.1, 0.15) is 18.0 Å². The molecule has 6 atom stereocenters. The van der Waals surface area contributed by atoms with Crippen LogP contribution in [-0.2, 0) is 14.4 Å². The van der Waals surface area contributed by atoms with Crippen molar-refractivity contribution < 1.29 is 39.9 Å². The summed E-state index contributed by atoms with van der Waals surface area (Å²) in [5.41, 5.74) is 5.89. The largest absolute Gasteiger partial charge is 0.481 e. The first-order valence-electron chi connectivity index (χ1n) is 9.23. The summed E-state index contributed by atoms with van der Waals surface area (Å²) < 4.78 is 0. The number of carboxylic acid groups (broad SMARTS) is 1.